The molecule has 4 heteroatoms. The fraction of sp³-hybridized carbons (Fsp3) is 0.500. The predicted molar refractivity (Wildman–Crippen MR) is 65.1 cm³/mol. The van der Waals surface area contributed by atoms with Gasteiger partial charge in [-0.3, -0.25) is 0 Å². The average Bonchev–Trinajstić information content (AvgIpc) is 2.64. The number of piperidine rings is 1. The number of carboxylic acid groups (broad SMARTS) is 1. The third kappa shape index (κ3) is 1.67. The van der Waals surface area contributed by atoms with Gasteiger partial charge in [-0.2, -0.15) is 0 Å². The predicted octanol–water partition coefficient (Wildman–Crippen LogP) is 3.16. The Balaban J connectivity index is 1.89. The van der Waals surface area contributed by atoms with E-state index in [9.17, 15) is 4.79 Å². The van der Waals surface area contributed by atoms with Crippen molar-refractivity contribution in [2.75, 3.05) is 0 Å². The topological polar surface area (TPSA) is 40.5 Å². The smallest absolute Gasteiger partial charge is 0.407 e. The highest BCUT2D eigenvalue weighted by Gasteiger charge is 2.51. The minimum Gasteiger partial charge on any atom is -0.465 e. The second-order valence-electron chi connectivity index (χ2n) is 5.31. The molecule has 1 N–H and O–H groups in total. The van der Waals surface area contributed by atoms with Gasteiger partial charge in [0.1, 0.15) is 5.67 Å². The Labute approximate surface area is 105 Å². The summed E-state index contributed by atoms with van der Waals surface area (Å²) in [5.74, 6) is 0. The van der Waals surface area contributed by atoms with E-state index < -0.39 is 11.8 Å². The van der Waals surface area contributed by atoms with E-state index >= 15 is 4.39 Å². The second kappa shape index (κ2) is 3.97. The van der Waals surface area contributed by atoms with Gasteiger partial charge in [-0.25, -0.2) is 9.18 Å². The normalized spacial score (nSPS) is 34.6. The zero-order valence-corrected chi connectivity index (χ0v) is 10.1. The fourth-order valence-electron chi connectivity index (χ4n) is 3.48. The van der Waals surface area contributed by atoms with E-state index in [0.29, 0.717) is 18.4 Å². The zero-order chi connectivity index (χ0) is 12.8. The van der Waals surface area contributed by atoms with Gasteiger partial charge in [0, 0.05) is 24.9 Å². The van der Waals surface area contributed by atoms with Crippen molar-refractivity contribution in [3.05, 3.63) is 35.9 Å². The molecule has 0 aromatic heterocycles. The van der Waals surface area contributed by atoms with Crippen LogP contribution >= 0.6 is 0 Å². The standard InChI is InChI=1S/C14H16FNO2/c15-14(10-4-2-1-3-5-10)8-11-6-7-12(9-14)16(11)13(17)18/h1-5,11-12H,6-9H2,(H,17,18). The van der Waals surface area contributed by atoms with Crippen molar-refractivity contribution in [2.45, 2.75) is 43.4 Å². The maximum absolute atomic E-state index is 15.1. The van der Waals surface area contributed by atoms with Crippen LogP contribution in [0.1, 0.15) is 31.2 Å². The number of amides is 1. The largest absolute Gasteiger partial charge is 0.465 e. The van der Waals surface area contributed by atoms with Gasteiger partial charge >= 0.3 is 6.09 Å². The van der Waals surface area contributed by atoms with Crippen molar-refractivity contribution in [1.82, 2.24) is 4.90 Å². The van der Waals surface area contributed by atoms with Gasteiger partial charge < -0.3 is 10.0 Å². The molecular formula is C14H16FNO2. The number of rotatable bonds is 1. The zero-order valence-electron chi connectivity index (χ0n) is 10.1. The van der Waals surface area contributed by atoms with Crippen molar-refractivity contribution in [3.63, 3.8) is 0 Å². The van der Waals surface area contributed by atoms with Gasteiger partial charge in [0.25, 0.3) is 0 Å². The van der Waals surface area contributed by atoms with Gasteiger partial charge in [0.05, 0.1) is 0 Å². The number of carbonyl (C=O) groups is 1. The lowest BCUT2D eigenvalue weighted by atomic mass is 9.82. The van der Waals surface area contributed by atoms with Crippen LogP contribution in [0.5, 0.6) is 0 Å². The molecular weight excluding hydrogens is 233 g/mol. The molecule has 2 heterocycles. The first-order valence-corrected chi connectivity index (χ1v) is 6.36. The molecule has 2 aliphatic rings. The van der Waals surface area contributed by atoms with Gasteiger partial charge in [0.2, 0.25) is 0 Å². The first-order chi connectivity index (χ1) is 8.60. The molecule has 2 aliphatic heterocycles. The molecule has 0 radical (unpaired) electrons. The molecule has 2 fully saturated rings. The van der Waals surface area contributed by atoms with Crippen LogP contribution in [-0.2, 0) is 5.67 Å². The lowest BCUT2D eigenvalue weighted by Crippen LogP contribution is -2.50. The molecule has 1 amide bonds. The number of alkyl halides is 1. The number of benzene rings is 1. The Morgan fingerprint density at radius 1 is 1.22 bits per heavy atom. The Kier molecular flexibility index (Phi) is 2.54. The summed E-state index contributed by atoms with van der Waals surface area (Å²) in [4.78, 5) is 12.6. The monoisotopic (exact) mass is 249 g/mol. The first kappa shape index (κ1) is 11.5. The average molecular weight is 249 g/mol. The fourth-order valence-corrected chi connectivity index (χ4v) is 3.48. The highest BCUT2D eigenvalue weighted by atomic mass is 19.1. The van der Waals surface area contributed by atoms with Crippen LogP contribution < -0.4 is 0 Å². The third-order valence-corrected chi connectivity index (χ3v) is 4.25. The lowest BCUT2D eigenvalue weighted by molar-refractivity contribution is 0.0144. The van der Waals surface area contributed by atoms with Gasteiger partial charge in [0.15, 0.2) is 0 Å². The first-order valence-electron chi connectivity index (χ1n) is 6.36. The summed E-state index contributed by atoms with van der Waals surface area (Å²) < 4.78 is 15.1. The third-order valence-electron chi connectivity index (χ3n) is 4.25. The van der Waals surface area contributed by atoms with Crippen LogP contribution in [0.3, 0.4) is 0 Å². The summed E-state index contributed by atoms with van der Waals surface area (Å²) >= 11 is 0. The van der Waals surface area contributed by atoms with E-state index in [1.807, 2.05) is 18.2 Å². The van der Waals surface area contributed by atoms with Crippen LogP contribution in [0.25, 0.3) is 0 Å². The molecule has 0 spiro atoms. The molecule has 3 nitrogen and oxygen atoms in total. The van der Waals surface area contributed by atoms with Crippen LogP contribution in [0.15, 0.2) is 30.3 Å². The van der Waals surface area contributed by atoms with E-state index in [1.54, 1.807) is 12.1 Å². The Hall–Kier alpha value is -1.58. The van der Waals surface area contributed by atoms with Crippen LogP contribution in [0.4, 0.5) is 9.18 Å². The van der Waals surface area contributed by atoms with E-state index in [0.717, 1.165) is 12.8 Å². The lowest BCUT2D eigenvalue weighted by Gasteiger charge is -2.41. The van der Waals surface area contributed by atoms with Gasteiger partial charge in [-0.15, -0.1) is 0 Å². The molecule has 2 unspecified atom stereocenters. The summed E-state index contributed by atoms with van der Waals surface area (Å²) in [5.41, 5.74) is -0.675. The minimum atomic E-state index is -1.36. The van der Waals surface area contributed by atoms with Crippen LogP contribution in [0.2, 0.25) is 0 Å². The minimum absolute atomic E-state index is 0.161. The van der Waals surface area contributed by atoms with Crippen molar-refractivity contribution >= 4 is 6.09 Å². The van der Waals surface area contributed by atoms with Crippen LogP contribution in [-0.4, -0.2) is 28.2 Å². The maximum Gasteiger partial charge on any atom is 0.407 e. The number of halogens is 1. The van der Waals surface area contributed by atoms with E-state index in [2.05, 4.69) is 0 Å². The van der Waals surface area contributed by atoms with Crippen LogP contribution in [0, 0.1) is 0 Å². The molecule has 2 bridgehead atoms. The Bertz CT molecular complexity index is 448. The SMILES string of the molecule is O=C(O)N1C2CCC1CC(F)(c1ccccc1)C2. The highest BCUT2D eigenvalue weighted by molar-refractivity contribution is 5.66. The molecule has 18 heavy (non-hydrogen) atoms. The summed E-state index contributed by atoms with van der Waals surface area (Å²) in [7, 11) is 0. The van der Waals surface area contributed by atoms with Crippen molar-refractivity contribution in [2.24, 2.45) is 0 Å². The summed E-state index contributed by atoms with van der Waals surface area (Å²) in [6.07, 6.45) is 1.25. The van der Waals surface area contributed by atoms with E-state index in [-0.39, 0.29) is 12.1 Å². The Morgan fingerprint density at radius 3 is 2.28 bits per heavy atom. The van der Waals surface area contributed by atoms with Crippen molar-refractivity contribution in [3.8, 4) is 0 Å². The number of fused-ring (bicyclic) bond motifs is 2. The molecule has 0 aliphatic carbocycles. The molecule has 2 atom stereocenters. The molecule has 96 valence electrons. The molecule has 1 aromatic rings. The molecule has 0 saturated carbocycles. The van der Waals surface area contributed by atoms with E-state index in [1.165, 1.54) is 4.90 Å². The second-order valence-corrected chi connectivity index (χ2v) is 5.31. The number of nitrogens with zero attached hydrogens (tertiary/aromatic N) is 1. The molecule has 2 saturated heterocycles. The number of hydrogen-bond acceptors (Lipinski definition) is 1. The van der Waals surface area contributed by atoms with Gasteiger partial charge in [-0.05, 0) is 18.4 Å². The van der Waals surface area contributed by atoms with Crippen molar-refractivity contribution < 1.29 is 14.3 Å². The summed E-state index contributed by atoms with van der Waals surface area (Å²) in [6, 6.07) is 8.82. The Morgan fingerprint density at radius 2 is 1.78 bits per heavy atom. The highest BCUT2D eigenvalue weighted by Crippen LogP contribution is 2.47. The van der Waals surface area contributed by atoms with E-state index in [4.69, 9.17) is 5.11 Å². The van der Waals surface area contributed by atoms with Crippen molar-refractivity contribution in [1.29, 1.82) is 0 Å². The van der Waals surface area contributed by atoms with Gasteiger partial charge in [-0.1, -0.05) is 30.3 Å². The number of hydrogen-bond donors (Lipinski definition) is 1. The maximum atomic E-state index is 15.1. The summed E-state index contributed by atoms with van der Waals surface area (Å²) in [6.45, 7) is 0. The quantitative estimate of drug-likeness (QED) is 0.830. The molecule has 1 aromatic carbocycles. The molecule has 3 rings (SSSR count). The summed E-state index contributed by atoms with van der Waals surface area (Å²) in [5, 5.41) is 9.16.